The molecule has 0 saturated carbocycles. The first kappa shape index (κ1) is 19.3. The molecule has 3 rings (SSSR count). The average molecular weight is 364 g/mol. The highest BCUT2D eigenvalue weighted by Gasteiger charge is 2.15. The van der Waals surface area contributed by atoms with E-state index < -0.39 is 11.6 Å². The van der Waals surface area contributed by atoms with E-state index in [1.165, 1.54) is 0 Å². The fourth-order valence-corrected chi connectivity index (χ4v) is 3.32. The smallest absolute Gasteiger partial charge is 0.166 e. The van der Waals surface area contributed by atoms with Gasteiger partial charge in [-0.25, -0.2) is 8.78 Å². The first-order valence-corrected chi connectivity index (χ1v) is 9.73. The molecule has 0 bridgehead atoms. The minimum atomic E-state index is -0.747. The molecule has 0 radical (unpaired) electrons. The normalized spacial score (nSPS) is 12.1. The summed E-state index contributed by atoms with van der Waals surface area (Å²) < 4.78 is 29.2. The molecule has 3 aromatic rings. The van der Waals surface area contributed by atoms with Gasteiger partial charge in [0.05, 0.1) is 0 Å². The fraction of sp³-hybridized carbons (Fsp3) is 0.280. The lowest BCUT2D eigenvalue weighted by atomic mass is 9.96. The van der Waals surface area contributed by atoms with Crippen LogP contribution in [0.25, 0.3) is 22.3 Å². The Hall–Kier alpha value is -2.48. The number of aryl methyl sites for hydroxylation is 1. The molecule has 0 nitrogen and oxygen atoms in total. The van der Waals surface area contributed by atoms with Crippen LogP contribution in [0.3, 0.4) is 0 Å². The lowest BCUT2D eigenvalue weighted by Crippen LogP contribution is -1.99. The number of halogens is 2. The maximum Gasteiger partial charge on any atom is 0.166 e. The molecule has 27 heavy (non-hydrogen) atoms. The second kappa shape index (κ2) is 8.94. The van der Waals surface area contributed by atoms with Crippen molar-refractivity contribution in [3.8, 4) is 22.3 Å². The van der Waals surface area contributed by atoms with Crippen molar-refractivity contribution in [1.29, 1.82) is 0 Å². The Morgan fingerprint density at radius 1 is 0.741 bits per heavy atom. The Balaban J connectivity index is 1.78. The van der Waals surface area contributed by atoms with Crippen molar-refractivity contribution in [3.05, 3.63) is 83.9 Å². The highest BCUT2D eigenvalue weighted by molar-refractivity contribution is 5.71. The minimum Gasteiger partial charge on any atom is -0.203 e. The summed E-state index contributed by atoms with van der Waals surface area (Å²) in [5.41, 5.74) is 3.64. The van der Waals surface area contributed by atoms with Crippen molar-refractivity contribution in [2.75, 3.05) is 0 Å². The third-order valence-electron chi connectivity index (χ3n) is 5.31. The monoisotopic (exact) mass is 364 g/mol. The van der Waals surface area contributed by atoms with Gasteiger partial charge >= 0.3 is 0 Å². The number of rotatable bonds is 7. The summed E-state index contributed by atoms with van der Waals surface area (Å²) in [7, 11) is 0. The van der Waals surface area contributed by atoms with Gasteiger partial charge < -0.3 is 0 Å². The van der Waals surface area contributed by atoms with Gasteiger partial charge in [-0.05, 0) is 41.0 Å². The van der Waals surface area contributed by atoms with E-state index in [9.17, 15) is 8.78 Å². The third kappa shape index (κ3) is 4.63. The summed E-state index contributed by atoms with van der Waals surface area (Å²) in [4.78, 5) is 0. The second-order valence-electron chi connectivity index (χ2n) is 7.25. The Morgan fingerprint density at radius 2 is 1.37 bits per heavy atom. The molecule has 0 amide bonds. The van der Waals surface area contributed by atoms with Crippen molar-refractivity contribution in [1.82, 2.24) is 0 Å². The summed E-state index contributed by atoms with van der Waals surface area (Å²) in [5.74, 6) is -0.826. The maximum absolute atomic E-state index is 14.6. The van der Waals surface area contributed by atoms with Gasteiger partial charge in [0.1, 0.15) is 0 Å². The first-order valence-electron chi connectivity index (χ1n) is 9.73. The molecule has 0 aliphatic heterocycles. The van der Waals surface area contributed by atoms with E-state index in [2.05, 4.69) is 13.8 Å². The van der Waals surface area contributed by atoms with Crippen molar-refractivity contribution >= 4 is 0 Å². The van der Waals surface area contributed by atoms with Crippen molar-refractivity contribution < 1.29 is 8.78 Å². The van der Waals surface area contributed by atoms with Gasteiger partial charge in [0.25, 0.3) is 0 Å². The van der Waals surface area contributed by atoms with Crippen molar-refractivity contribution in [2.45, 2.75) is 39.5 Å². The lowest BCUT2D eigenvalue weighted by molar-refractivity contribution is 0.477. The molecule has 0 N–H and O–H groups in total. The van der Waals surface area contributed by atoms with Crippen LogP contribution >= 0.6 is 0 Å². The molecule has 1 unspecified atom stereocenters. The molecular formula is C25H26F2. The Bertz CT molecular complexity index is 867. The quantitative estimate of drug-likeness (QED) is 0.403. The first-order chi connectivity index (χ1) is 13.1. The number of benzene rings is 3. The van der Waals surface area contributed by atoms with Gasteiger partial charge in [0.15, 0.2) is 11.6 Å². The fourth-order valence-electron chi connectivity index (χ4n) is 3.32. The SMILES string of the molecule is CCC(C)CCCc1ccc(-c2ccc(-c3ccccc3)cc2)c(F)c1F. The molecule has 0 fully saturated rings. The van der Waals surface area contributed by atoms with Crippen LogP contribution in [0.2, 0.25) is 0 Å². The van der Waals surface area contributed by atoms with Gasteiger partial charge in [-0.3, -0.25) is 0 Å². The molecule has 0 spiro atoms. The van der Waals surface area contributed by atoms with Gasteiger partial charge in [0.2, 0.25) is 0 Å². The average Bonchev–Trinajstić information content (AvgIpc) is 2.72. The molecule has 140 valence electrons. The van der Waals surface area contributed by atoms with E-state index >= 15 is 0 Å². The summed E-state index contributed by atoms with van der Waals surface area (Å²) in [6.45, 7) is 4.35. The van der Waals surface area contributed by atoms with Gasteiger partial charge in [-0.1, -0.05) is 93.4 Å². The summed E-state index contributed by atoms with van der Waals surface area (Å²) >= 11 is 0. The van der Waals surface area contributed by atoms with E-state index in [4.69, 9.17) is 0 Å². The Kier molecular flexibility index (Phi) is 6.39. The van der Waals surface area contributed by atoms with Gasteiger partial charge in [0, 0.05) is 5.56 Å². The molecule has 0 saturated heterocycles. The van der Waals surface area contributed by atoms with Crippen LogP contribution in [0, 0.1) is 17.6 Å². The van der Waals surface area contributed by atoms with Crippen LogP contribution in [-0.2, 0) is 6.42 Å². The third-order valence-corrected chi connectivity index (χ3v) is 5.31. The molecule has 2 heteroatoms. The largest absolute Gasteiger partial charge is 0.203 e. The molecule has 0 heterocycles. The molecular weight excluding hydrogens is 338 g/mol. The Labute approximate surface area is 160 Å². The maximum atomic E-state index is 14.6. The van der Waals surface area contributed by atoms with E-state index in [1.807, 2.05) is 54.6 Å². The summed E-state index contributed by atoms with van der Waals surface area (Å²) in [6, 6.07) is 21.0. The van der Waals surface area contributed by atoms with E-state index in [-0.39, 0.29) is 0 Å². The number of hydrogen-bond donors (Lipinski definition) is 0. The number of hydrogen-bond acceptors (Lipinski definition) is 0. The molecule has 3 aromatic carbocycles. The molecule has 0 aromatic heterocycles. The zero-order chi connectivity index (χ0) is 19.2. The van der Waals surface area contributed by atoms with Crippen LogP contribution in [0.5, 0.6) is 0 Å². The summed E-state index contributed by atoms with van der Waals surface area (Å²) in [6.07, 6.45) is 3.63. The predicted molar refractivity (Wildman–Crippen MR) is 110 cm³/mol. The van der Waals surface area contributed by atoms with Crippen LogP contribution in [0.4, 0.5) is 8.78 Å². The van der Waals surface area contributed by atoms with E-state index in [0.29, 0.717) is 29.0 Å². The summed E-state index contributed by atoms with van der Waals surface area (Å²) in [5, 5.41) is 0. The van der Waals surface area contributed by atoms with E-state index in [1.54, 1.807) is 12.1 Å². The van der Waals surface area contributed by atoms with Crippen molar-refractivity contribution in [2.24, 2.45) is 5.92 Å². The second-order valence-corrected chi connectivity index (χ2v) is 7.25. The van der Waals surface area contributed by atoms with Crippen molar-refractivity contribution in [3.63, 3.8) is 0 Å². The topological polar surface area (TPSA) is 0 Å². The zero-order valence-electron chi connectivity index (χ0n) is 16.0. The van der Waals surface area contributed by atoms with Crippen LogP contribution in [0.1, 0.15) is 38.7 Å². The highest BCUT2D eigenvalue weighted by atomic mass is 19.2. The molecule has 0 aliphatic rings. The minimum absolute atomic E-state index is 0.317. The standard InChI is InChI=1S/C25H26F2/c1-3-18(2)8-7-11-22-16-17-23(25(27)24(22)26)21-14-12-20(13-15-21)19-9-5-4-6-10-19/h4-6,9-10,12-18H,3,7-8,11H2,1-2H3. The Morgan fingerprint density at radius 3 is 2.04 bits per heavy atom. The predicted octanol–water partition coefficient (Wildman–Crippen LogP) is 7.67. The van der Waals surface area contributed by atoms with Crippen LogP contribution in [-0.4, -0.2) is 0 Å². The molecule has 0 aliphatic carbocycles. The van der Waals surface area contributed by atoms with E-state index in [0.717, 1.165) is 30.4 Å². The van der Waals surface area contributed by atoms with Crippen LogP contribution < -0.4 is 0 Å². The zero-order valence-corrected chi connectivity index (χ0v) is 16.0. The van der Waals surface area contributed by atoms with Gasteiger partial charge in [-0.2, -0.15) is 0 Å². The van der Waals surface area contributed by atoms with Crippen LogP contribution in [0.15, 0.2) is 66.7 Å². The van der Waals surface area contributed by atoms with Gasteiger partial charge in [-0.15, -0.1) is 0 Å². The highest BCUT2D eigenvalue weighted by Crippen LogP contribution is 2.29. The lowest BCUT2D eigenvalue weighted by Gasteiger charge is -2.11. The molecule has 1 atom stereocenters.